The van der Waals surface area contributed by atoms with Gasteiger partial charge in [0.05, 0.1) is 25.2 Å². The third-order valence-electron chi connectivity index (χ3n) is 2.44. The van der Waals surface area contributed by atoms with Crippen LogP contribution in [0.25, 0.3) is 0 Å². The molecule has 4 heteroatoms. The molecule has 0 aromatic heterocycles. The maximum Gasteiger partial charge on any atom is 0.225 e. The van der Waals surface area contributed by atoms with Crippen molar-refractivity contribution < 1.29 is 14.3 Å². The molecule has 1 amide bonds. The molecule has 2 atom stereocenters. The quantitative estimate of drug-likeness (QED) is 0.658. The Balaban J connectivity index is 2.31. The SMILES string of the molecule is CCOCCC(=O)N1CC(C)OC(C)C1. The highest BCUT2D eigenvalue weighted by molar-refractivity contribution is 5.76. The second kappa shape index (κ2) is 6.08. The second-order valence-corrected chi connectivity index (χ2v) is 4.00. The number of nitrogens with zero attached hydrogens (tertiary/aromatic N) is 1. The number of morpholine rings is 1. The summed E-state index contributed by atoms with van der Waals surface area (Å²) in [6.45, 7) is 8.53. The highest BCUT2D eigenvalue weighted by atomic mass is 16.5. The minimum Gasteiger partial charge on any atom is -0.381 e. The Labute approximate surface area is 91.5 Å². The number of hydrogen-bond acceptors (Lipinski definition) is 3. The molecule has 0 saturated carbocycles. The zero-order chi connectivity index (χ0) is 11.3. The Bertz CT molecular complexity index is 198. The summed E-state index contributed by atoms with van der Waals surface area (Å²) in [4.78, 5) is 13.6. The largest absolute Gasteiger partial charge is 0.381 e. The zero-order valence-electron chi connectivity index (χ0n) is 9.86. The van der Waals surface area contributed by atoms with Crippen molar-refractivity contribution in [1.82, 2.24) is 4.90 Å². The Kier molecular flexibility index (Phi) is 5.05. The number of rotatable bonds is 4. The molecule has 0 aliphatic carbocycles. The van der Waals surface area contributed by atoms with Crippen molar-refractivity contribution in [3.63, 3.8) is 0 Å². The van der Waals surface area contributed by atoms with Gasteiger partial charge in [-0.1, -0.05) is 0 Å². The van der Waals surface area contributed by atoms with Crippen LogP contribution < -0.4 is 0 Å². The van der Waals surface area contributed by atoms with E-state index in [-0.39, 0.29) is 18.1 Å². The molecule has 0 radical (unpaired) electrons. The maximum atomic E-state index is 11.8. The number of hydrogen-bond donors (Lipinski definition) is 0. The molecule has 0 aromatic carbocycles. The highest BCUT2D eigenvalue weighted by Gasteiger charge is 2.25. The van der Waals surface area contributed by atoms with E-state index in [1.54, 1.807) is 0 Å². The van der Waals surface area contributed by atoms with Gasteiger partial charge in [0.2, 0.25) is 5.91 Å². The molecule has 1 rings (SSSR count). The van der Waals surface area contributed by atoms with Crippen molar-refractivity contribution in [3.05, 3.63) is 0 Å². The maximum absolute atomic E-state index is 11.8. The second-order valence-electron chi connectivity index (χ2n) is 4.00. The number of amides is 1. The third kappa shape index (κ3) is 4.18. The van der Waals surface area contributed by atoms with Gasteiger partial charge in [0.25, 0.3) is 0 Å². The summed E-state index contributed by atoms with van der Waals surface area (Å²) in [5.74, 6) is 0.172. The lowest BCUT2D eigenvalue weighted by molar-refractivity contribution is -0.144. The van der Waals surface area contributed by atoms with Gasteiger partial charge in [0.1, 0.15) is 0 Å². The summed E-state index contributed by atoms with van der Waals surface area (Å²) in [6, 6.07) is 0. The third-order valence-corrected chi connectivity index (χ3v) is 2.44. The van der Waals surface area contributed by atoms with Crippen molar-refractivity contribution in [3.8, 4) is 0 Å². The molecule has 1 heterocycles. The van der Waals surface area contributed by atoms with E-state index in [1.165, 1.54) is 0 Å². The lowest BCUT2D eigenvalue weighted by Gasteiger charge is -2.35. The molecule has 1 aliphatic heterocycles. The van der Waals surface area contributed by atoms with E-state index < -0.39 is 0 Å². The van der Waals surface area contributed by atoms with Crippen LogP contribution in [0.4, 0.5) is 0 Å². The molecule has 1 fully saturated rings. The van der Waals surface area contributed by atoms with Crippen molar-refractivity contribution in [2.24, 2.45) is 0 Å². The van der Waals surface area contributed by atoms with E-state index in [4.69, 9.17) is 9.47 Å². The Hall–Kier alpha value is -0.610. The van der Waals surface area contributed by atoms with Gasteiger partial charge in [0.15, 0.2) is 0 Å². The zero-order valence-corrected chi connectivity index (χ0v) is 9.86. The predicted octanol–water partition coefficient (Wildman–Crippen LogP) is 1.05. The standard InChI is InChI=1S/C11H21NO3/c1-4-14-6-5-11(13)12-7-9(2)15-10(3)8-12/h9-10H,4-8H2,1-3H3. The van der Waals surface area contributed by atoms with Crippen LogP contribution in [0.2, 0.25) is 0 Å². The molecule has 0 bridgehead atoms. The minimum atomic E-state index is 0.143. The average molecular weight is 215 g/mol. The molecule has 1 aliphatic rings. The van der Waals surface area contributed by atoms with E-state index in [9.17, 15) is 4.79 Å². The normalized spacial score (nSPS) is 26.7. The van der Waals surface area contributed by atoms with E-state index in [1.807, 2.05) is 25.7 Å². The van der Waals surface area contributed by atoms with Crippen LogP contribution in [0.3, 0.4) is 0 Å². The summed E-state index contributed by atoms with van der Waals surface area (Å²) in [5, 5.41) is 0. The van der Waals surface area contributed by atoms with Crippen LogP contribution in [-0.2, 0) is 14.3 Å². The molecule has 88 valence electrons. The van der Waals surface area contributed by atoms with Crippen LogP contribution in [0.5, 0.6) is 0 Å². The van der Waals surface area contributed by atoms with Gasteiger partial charge >= 0.3 is 0 Å². The first-order valence-corrected chi connectivity index (χ1v) is 5.64. The molecule has 0 aromatic rings. The van der Waals surface area contributed by atoms with Gasteiger partial charge < -0.3 is 14.4 Å². The molecule has 0 spiro atoms. The van der Waals surface area contributed by atoms with Gasteiger partial charge in [-0.2, -0.15) is 0 Å². The fraction of sp³-hybridized carbons (Fsp3) is 0.909. The van der Waals surface area contributed by atoms with Gasteiger partial charge in [-0.25, -0.2) is 0 Å². The summed E-state index contributed by atoms with van der Waals surface area (Å²) < 4.78 is 10.7. The van der Waals surface area contributed by atoms with Gasteiger partial charge in [-0.3, -0.25) is 4.79 Å². The average Bonchev–Trinajstić information content (AvgIpc) is 2.16. The fourth-order valence-electron chi connectivity index (χ4n) is 1.84. The van der Waals surface area contributed by atoms with Gasteiger partial charge in [0, 0.05) is 19.7 Å². The Morgan fingerprint density at radius 3 is 2.53 bits per heavy atom. The molecule has 2 unspecified atom stereocenters. The van der Waals surface area contributed by atoms with E-state index in [0.29, 0.717) is 32.7 Å². The van der Waals surface area contributed by atoms with Gasteiger partial charge in [-0.05, 0) is 20.8 Å². The molecule has 15 heavy (non-hydrogen) atoms. The van der Waals surface area contributed by atoms with Gasteiger partial charge in [-0.15, -0.1) is 0 Å². The molecular weight excluding hydrogens is 194 g/mol. The summed E-state index contributed by atoms with van der Waals surface area (Å²) in [7, 11) is 0. The highest BCUT2D eigenvalue weighted by Crippen LogP contribution is 2.11. The summed E-state index contributed by atoms with van der Waals surface area (Å²) >= 11 is 0. The van der Waals surface area contributed by atoms with E-state index >= 15 is 0 Å². The fourth-order valence-corrected chi connectivity index (χ4v) is 1.84. The topological polar surface area (TPSA) is 38.8 Å². The molecule has 4 nitrogen and oxygen atoms in total. The van der Waals surface area contributed by atoms with Crippen molar-refractivity contribution >= 4 is 5.91 Å². The first-order chi connectivity index (χ1) is 7.13. The van der Waals surface area contributed by atoms with Crippen molar-refractivity contribution in [1.29, 1.82) is 0 Å². The molecule has 1 saturated heterocycles. The van der Waals surface area contributed by atoms with Crippen molar-refractivity contribution in [2.45, 2.75) is 39.4 Å². The van der Waals surface area contributed by atoms with Crippen LogP contribution in [-0.4, -0.2) is 49.3 Å². The molecule has 0 N–H and O–H groups in total. The number of carbonyl (C=O) groups is 1. The Morgan fingerprint density at radius 1 is 1.40 bits per heavy atom. The van der Waals surface area contributed by atoms with E-state index in [2.05, 4.69) is 0 Å². The van der Waals surface area contributed by atoms with Crippen molar-refractivity contribution in [2.75, 3.05) is 26.3 Å². The molecular formula is C11H21NO3. The van der Waals surface area contributed by atoms with Crippen LogP contribution in [0.1, 0.15) is 27.2 Å². The number of carbonyl (C=O) groups excluding carboxylic acids is 1. The van der Waals surface area contributed by atoms with Crippen LogP contribution in [0, 0.1) is 0 Å². The summed E-state index contributed by atoms with van der Waals surface area (Å²) in [5.41, 5.74) is 0. The van der Waals surface area contributed by atoms with Crippen LogP contribution >= 0.6 is 0 Å². The smallest absolute Gasteiger partial charge is 0.225 e. The number of ether oxygens (including phenoxy) is 2. The first kappa shape index (κ1) is 12.5. The predicted molar refractivity (Wildman–Crippen MR) is 57.7 cm³/mol. The minimum absolute atomic E-state index is 0.143. The lowest BCUT2D eigenvalue weighted by atomic mass is 10.2. The van der Waals surface area contributed by atoms with Crippen LogP contribution in [0.15, 0.2) is 0 Å². The Morgan fingerprint density at radius 2 is 2.00 bits per heavy atom. The lowest BCUT2D eigenvalue weighted by Crippen LogP contribution is -2.48. The first-order valence-electron chi connectivity index (χ1n) is 5.64. The summed E-state index contributed by atoms with van der Waals surface area (Å²) in [6.07, 6.45) is 0.766. The monoisotopic (exact) mass is 215 g/mol. The van der Waals surface area contributed by atoms with E-state index in [0.717, 1.165) is 0 Å².